The van der Waals surface area contributed by atoms with Gasteiger partial charge in [0, 0.05) is 11.1 Å². The van der Waals surface area contributed by atoms with Gasteiger partial charge in [0.15, 0.2) is 11.6 Å². The average Bonchev–Trinajstić information content (AvgIpc) is 2.45. The van der Waals surface area contributed by atoms with Gasteiger partial charge in [0.25, 0.3) is 0 Å². The summed E-state index contributed by atoms with van der Waals surface area (Å²) >= 11 is 0. The van der Waals surface area contributed by atoms with Crippen LogP contribution in [0.1, 0.15) is 72.1 Å². The van der Waals surface area contributed by atoms with Crippen LogP contribution in [0.25, 0.3) is 0 Å². The molecule has 0 N–H and O–H groups in total. The smallest absolute Gasteiger partial charge is 0.182 e. The predicted octanol–water partition coefficient (Wildman–Crippen LogP) is 4.79. The molecule has 1 atom stereocenters. The van der Waals surface area contributed by atoms with Crippen LogP contribution in [-0.2, 0) is 9.59 Å². The number of hydrogen-bond donors (Lipinski definition) is 0. The van der Waals surface area contributed by atoms with Crippen LogP contribution in [0, 0.1) is 5.92 Å². The summed E-state index contributed by atoms with van der Waals surface area (Å²) in [6.45, 7) is 6.44. The van der Waals surface area contributed by atoms with Gasteiger partial charge in [-0.3, -0.25) is 9.59 Å². The highest BCUT2D eigenvalue weighted by molar-refractivity contribution is 6.19. The molecule has 0 heterocycles. The summed E-state index contributed by atoms with van der Waals surface area (Å²) < 4.78 is 0. The van der Waals surface area contributed by atoms with Gasteiger partial charge in [-0.25, -0.2) is 0 Å². The van der Waals surface area contributed by atoms with Gasteiger partial charge < -0.3 is 0 Å². The molecule has 0 aromatic rings. The third-order valence-corrected chi connectivity index (χ3v) is 4.10. The Bertz CT molecular complexity index is 402. The maximum atomic E-state index is 12.1. The van der Waals surface area contributed by atoms with Gasteiger partial charge in [-0.05, 0) is 37.3 Å². The summed E-state index contributed by atoms with van der Waals surface area (Å²) in [5, 5.41) is 0. The van der Waals surface area contributed by atoms with Crippen LogP contribution >= 0.6 is 0 Å². The van der Waals surface area contributed by atoms with Crippen LogP contribution in [0.15, 0.2) is 23.3 Å². The molecule has 0 aromatic heterocycles. The molecule has 20 heavy (non-hydrogen) atoms. The molecule has 1 aliphatic carbocycles. The van der Waals surface area contributed by atoms with E-state index in [1.54, 1.807) is 12.2 Å². The van der Waals surface area contributed by atoms with Crippen LogP contribution in [-0.4, -0.2) is 11.6 Å². The minimum Gasteiger partial charge on any atom is -0.290 e. The van der Waals surface area contributed by atoms with Crippen molar-refractivity contribution < 1.29 is 9.59 Å². The minimum absolute atomic E-state index is 0.0541. The maximum absolute atomic E-state index is 12.1. The van der Waals surface area contributed by atoms with Crippen molar-refractivity contribution in [2.45, 2.75) is 72.1 Å². The van der Waals surface area contributed by atoms with Crippen molar-refractivity contribution >= 4 is 11.6 Å². The van der Waals surface area contributed by atoms with Crippen molar-refractivity contribution in [2.24, 2.45) is 5.92 Å². The molecule has 0 spiro atoms. The van der Waals surface area contributed by atoms with Gasteiger partial charge in [0.05, 0.1) is 0 Å². The molecule has 1 unspecified atom stereocenters. The minimum atomic E-state index is 0.0541. The molecule has 2 nitrogen and oxygen atoms in total. The zero-order valence-electron chi connectivity index (χ0n) is 13.2. The van der Waals surface area contributed by atoms with Crippen LogP contribution in [0.2, 0.25) is 0 Å². The summed E-state index contributed by atoms with van der Waals surface area (Å²) in [5.74, 6) is 0.646. The number of unbranched alkanes of at least 4 members (excludes halogenated alkanes) is 2. The Morgan fingerprint density at radius 2 is 1.50 bits per heavy atom. The highest BCUT2D eigenvalue weighted by Gasteiger charge is 2.21. The van der Waals surface area contributed by atoms with Gasteiger partial charge in [-0.1, -0.05) is 52.9 Å². The largest absolute Gasteiger partial charge is 0.290 e. The monoisotopic (exact) mass is 276 g/mol. The number of allylic oxidation sites excluding steroid dienone is 4. The van der Waals surface area contributed by atoms with Crippen molar-refractivity contribution in [3.05, 3.63) is 23.3 Å². The fourth-order valence-electron chi connectivity index (χ4n) is 2.62. The van der Waals surface area contributed by atoms with Gasteiger partial charge in [0.1, 0.15) is 0 Å². The van der Waals surface area contributed by atoms with E-state index in [1.807, 2.05) is 0 Å². The van der Waals surface area contributed by atoms with Crippen molar-refractivity contribution in [1.29, 1.82) is 0 Å². The molecular weight excluding hydrogens is 248 g/mol. The molecule has 1 aliphatic rings. The van der Waals surface area contributed by atoms with Crippen LogP contribution in [0.5, 0.6) is 0 Å². The van der Waals surface area contributed by atoms with Gasteiger partial charge >= 0.3 is 0 Å². The van der Waals surface area contributed by atoms with E-state index in [4.69, 9.17) is 0 Å². The Kier molecular flexibility index (Phi) is 7.50. The first-order chi connectivity index (χ1) is 9.62. The quantitative estimate of drug-likeness (QED) is 0.567. The first-order valence-electron chi connectivity index (χ1n) is 8.12. The van der Waals surface area contributed by atoms with Crippen molar-refractivity contribution in [3.8, 4) is 0 Å². The molecule has 0 fully saturated rings. The van der Waals surface area contributed by atoms with Crippen molar-refractivity contribution in [1.82, 2.24) is 0 Å². The Balaban J connectivity index is 2.64. The Morgan fingerprint density at radius 1 is 0.900 bits per heavy atom. The van der Waals surface area contributed by atoms with E-state index in [0.717, 1.165) is 44.1 Å². The molecular formula is C18H28O2. The number of carbonyl (C=O) groups excluding carboxylic acids is 2. The molecule has 0 amide bonds. The van der Waals surface area contributed by atoms with Crippen LogP contribution in [0.3, 0.4) is 0 Å². The molecule has 0 radical (unpaired) electrons. The molecule has 112 valence electrons. The molecule has 0 aromatic carbocycles. The molecule has 0 saturated carbocycles. The second kappa shape index (κ2) is 8.89. The summed E-state index contributed by atoms with van der Waals surface area (Å²) in [6, 6.07) is 0. The van der Waals surface area contributed by atoms with E-state index in [2.05, 4.69) is 20.8 Å². The summed E-state index contributed by atoms with van der Waals surface area (Å²) in [4.78, 5) is 24.2. The second-order valence-electron chi connectivity index (χ2n) is 5.79. The fourth-order valence-corrected chi connectivity index (χ4v) is 2.62. The van der Waals surface area contributed by atoms with E-state index >= 15 is 0 Å². The highest BCUT2D eigenvalue weighted by Crippen LogP contribution is 2.25. The normalized spacial score (nSPS) is 16.9. The number of rotatable bonds is 9. The summed E-state index contributed by atoms with van der Waals surface area (Å²) in [7, 11) is 0. The van der Waals surface area contributed by atoms with Crippen LogP contribution < -0.4 is 0 Å². The number of ketones is 2. The average molecular weight is 276 g/mol. The lowest BCUT2D eigenvalue weighted by Gasteiger charge is -2.18. The number of carbonyl (C=O) groups is 2. The maximum Gasteiger partial charge on any atom is 0.182 e. The first kappa shape index (κ1) is 16.9. The second-order valence-corrected chi connectivity index (χ2v) is 5.79. The van der Waals surface area contributed by atoms with Gasteiger partial charge in [-0.15, -0.1) is 0 Å². The molecule has 0 bridgehead atoms. The number of hydrogen-bond acceptors (Lipinski definition) is 2. The lowest BCUT2D eigenvalue weighted by atomic mass is 9.86. The van der Waals surface area contributed by atoms with Gasteiger partial charge in [0.2, 0.25) is 0 Å². The zero-order valence-corrected chi connectivity index (χ0v) is 13.2. The first-order valence-corrected chi connectivity index (χ1v) is 8.12. The zero-order chi connectivity index (χ0) is 15.0. The fraction of sp³-hybridized carbons (Fsp3) is 0.667. The third kappa shape index (κ3) is 5.07. The third-order valence-electron chi connectivity index (χ3n) is 4.10. The lowest BCUT2D eigenvalue weighted by molar-refractivity contribution is -0.115. The molecule has 2 heteroatoms. The predicted molar refractivity (Wildman–Crippen MR) is 83.6 cm³/mol. The SMILES string of the molecule is CCCCC1=CC(=O)C(CC(CC)CCCC)=CC1=O. The van der Waals surface area contributed by atoms with Crippen molar-refractivity contribution in [3.63, 3.8) is 0 Å². The van der Waals surface area contributed by atoms with Crippen LogP contribution in [0.4, 0.5) is 0 Å². The van der Waals surface area contributed by atoms with E-state index in [1.165, 1.54) is 12.8 Å². The highest BCUT2D eigenvalue weighted by atomic mass is 16.1. The van der Waals surface area contributed by atoms with Crippen molar-refractivity contribution in [2.75, 3.05) is 0 Å². The standard InChI is InChI=1S/C18H28O2/c1-4-7-9-14(6-3)11-16-13-17(19)15(10-8-5-2)12-18(16)20/h12-14H,4-11H2,1-3H3. The van der Waals surface area contributed by atoms with E-state index < -0.39 is 0 Å². The van der Waals surface area contributed by atoms with E-state index in [0.29, 0.717) is 11.5 Å². The molecule has 0 saturated heterocycles. The van der Waals surface area contributed by atoms with Gasteiger partial charge in [-0.2, -0.15) is 0 Å². The van der Waals surface area contributed by atoms with E-state index in [9.17, 15) is 9.59 Å². The van der Waals surface area contributed by atoms with E-state index in [-0.39, 0.29) is 11.6 Å². The Hall–Kier alpha value is -1.18. The topological polar surface area (TPSA) is 34.1 Å². The summed E-state index contributed by atoms with van der Waals surface area (Å²) in [6.07, 6.45) is 11.3. The summed E-state index contributed by atoms with van der Waals surface area (Å²) in [5.41, 5.74) is 1.42. The molecule has 1 rings (SSSR count). The Morgan fingerprint density at radius 3 is 2.10 bits per heavy atom. The molecule has 0 aliphatic heterocycles. The lowest BCUT2D eigenvalue weighted by Crippen LogP contribution is -2.15. The Labute approximate surface area is 123 Å².